The number of carbonyl (C=O) groups excluding carboxylic acids is 1. The van der Waals surface area contributed by atoms with Crippen molar-refractivity contribution < 1.29 is 9.90 Å². The average molecular weight is 329 g/mol. The highest BCUT2D eigenvalue weighted by molar-refractivity contribution is 5.94. The Morgan fingerprint density at radius 1 is 1.42 bits per heavy atom. The number of hydrogen-bond acceptors (Lipinski definition) is 5. The van der Waals surface area contributed by atoms with Gasteiger partial charge in [-0.3, -0.25) is 9.78 Å². The van der Waals surface area contributed by atoms with Crippen LogP contribution in [-0.4, -0.2) is 43.9 Å². The van der Waals surface area contributed by atoms with Crippen molar-refractivity contribution in [1.29, 1.82) is 0 Å². The average Bonchev–Trinajstić information content (AvgIpc) is 2.99. The lowest BCUT2D eigenvalue weighted by Gasteiger charge is -2.27. The van der Waals surface area contributed by atoms with E-state index in [1.807, 2.05) is 0 Å². The molecule has 1 aliphatic carbocycles. The predicted molar refractivity (Wildman–Crippen MR) is 89.1 cm³/mol. The van der Waals surface area contributed by atoms with Crippen molar-refractivity contribution in [3.63, 3.8) is 0 Å². The van der Waals surface area contributed by atoms with E-state index < -0.39 is 0 Å². The number of aromatic nitrogens is 4. The third-order valence-electron chi connectivity index (χ3n) is 4.76. The Hall–Kier alpha value is -2.28. The molecule has 0 aromatic carbocycles. The summed E-state index contributed by atoms with van der Waals surface area (Å²) in [6, 6.07) is 0. The van der Waals surface area contributed by atoms with E-state index >= 15 is 0 Å². The maximum Gasteiger partial charge on any atom is 0.272 e. The van der Waals surface area contributed by atoms with E-state index in [4.69, 9.17) is 5.11 Å². The summed E-state index contributed by atoms with van der Waals surface area (Å²) >= 11 is 0. The lowest BCUT2D eigenvalue weighted by molar-refractivity contribution is 0.0944. The molecule has 3 rings (SSSR count). The lowest BCUT2D eigenvalue weighted by atomic mass is 9.80. The Bertz CT molecular complexity index is 713. The summed E-state index contributed by atoms with van der Waals surface area (Å²) in [4.78, 5) is 21.0. The Balaban J connectivity index is 2.02. The summed E-state index contributed by atoms with van der Waals surface area (Å²) < 4.78 is 1.77. The molecule has 128 valence electrons. The summed E-state index contributed by atoms with van der Waals surface area (Å²) in [7, 11) is 0. The Kier molecular flexibility index (Phi) is 4.89. The molecule has 7 nitrogen and oxygen atoms in total. The highest BCUT2D eigenvalue weighted by Gasteiger charge is 2.33. The van der Waals surface area contributed by atoms with Crippen LogP contribution in [0, 0.1) is 5.92 Å². The number of rotatable bonds is 5. The predicted octanol–water partition coefficient (Wildman–Crippen LogP) is 1.46. The molecule has 0 radical (unpaired) electrons. The summed E-state index contributed by atoms with van der Waals surface area (Å²) in [5.41, 5.74) is 2.53. The van der Waals surface area contributed by atoms with Gasteiger partial charge in [0, 0.05) is 37.0 Å². The van der Waals surface area contributed by atoms with E-state index in [0.29, 0.717) is 36.3 Å². The van der Waals surface area contributed by atoms with E-state index in [-0.39, 0.29) is 12.5 Å². The summed E-state index contributed by atoms with van der Waals surface area (Å²) in [6.45, 7) is 4.89. The fourth-order valence-electron chi connectivity index (χ4n) is 3.19. The van der Waals surface area contributed by atoms with Crippen LogP contribution in [-0.2, 0) is 6.42 Å². The molecule has 1 unspecified atom stereocenters. The minimum atomic E-state index is -0.191. The topological polar surface area (TPSA) is 92.9 Å². The molecule has 2 heterocycles. The van der Waals surface area contributed by atoms with Crippen molar-refractivity contribution in [3.8, 4) is 5.82 Å². The maximum absolute atomic E-state index is 12.5. The SMILES string of the molecule is CC1CCc2c(C(=O)NCCCO)nn(-c3cnccn3)c2[C@H]1C. The molecule has 0 spiro atoms. The van der Waals surface area contributed by atoms with Gasteiger partial charge in [0.25, 0.3) is 5.91 Å². The number of hydrogen-bond donors (Lipinski definition) is 2. The van der Waals surface area contributed by atoms with Gasteiger partial charge in [0.1, 0.15) is 0 Å². The van der Waals surface area contributed by atoms with Crippen molar-refractivity contribution >= 4 is 5.91 Å². The first-order chi connectivity index (χ1) is 11.6. The van der Waals surface area contributed by atoms with Crippen LogP contribution in [0.25, 0.3) is 5.82 Å². The third kappa shape index (κ3) is 3.03. The van der Waals surface area contributed by atoms with E-state index in [0.717, 1.165) is 24.1 Å². The normalized spacial score (nSPS) is 19.8. The lowest BCUT2D eigenvalue weighted by Crippen LogP contribution is -2.27. The largest absolute Gasteiger partial charge is 0.396 e. The molecule has 24 heavy (non-hydrogen) atoms. The Morgan fingerprint density at radius 3 is 2.96 bits per heavy atom. The molecule has 0 aliphatic heterocycles. The van der Waals surface area contributed by atoms with E-state index in [2.05, 4.69) is 34.2 Å². The minimum absolute atomic E-state index is 0.0565. The third-order valence-corrected chi connectivity index (χ3v) is 4.76. The van der Waals surface area contributed by atoms with Gasteiger partial charge >= 0.3 is 0 Å². The second kappa shape index (κ2) is 7.09. The van der Waals surface area contributed by atoms with Crippen LogP contribution in [0.1, 0.15) is 54.4 Å². The molecule has 1 amide bonds. The minimum Gasteiger partial charge on any atom is -0.396 e. The van der Waals surface area contributed by atoms with Crippen molar-refractivity contribution in [3.05, 3.63) is 35.5 Å². The number of nitrogens with one attached hydrogen (secondary N) is 1. The van der Waals surface area contributed by atoms with Crippen LogP contribution in [0.15, 0.2) is 18.6 Å². The van der Waals surface area contributed by atoms with E-state index in [9.17, 15) is 4.79 Å². The van der Waals surface area contributed by atoms with Crippen LogP contribution in [0.5, 0.6) is 0 Å². The van der Waals surface area contributed by atoms with Gasteiger partial charge < -0.3 is 10.4 Å². The molecule has 2 N–H and O–H groups in total. The summed E-state index contributed by atoms with van der Waals surface area (Å²) in [6.07, 6.45) is 7.31. The fourth-order valence-corrected chi connectivity index (χ4v) is 3.19. The molecule has 0 saturated heterocycles. The zero-order chi connectivity index (χ0) is 17.1. The van der Waals surface area contributed by atoms with Gasteiger partial charge in [-0.1, -0.05) is 13.8 Å². The first-order valence-corrected chi connectivity index (χ1v) is 8.40. The highest BCUT2D eigenvalue weighted by atomic mass is 16.3. The van der Waals surface area contributed by atoms with Crippen molar-refractivity contribution in [2.24, 2.45) is 5.92 Å². The standard InChI is InChI=1S/C17H23N5O2/c1-11-4-5-13-15(17(24)20-6-3-9-23)21-22(16(13)12(11)2)14-10-18-7-8-19-14/h7-8,10-12,23H,3-6,9H2,1-2H3,(H,20,24)/t11?,12-/m0/s1. The van der Waals surface area contributed by atoms with Crippen LogP contribution < -0.4 is 5.32 Å². The smallest absolute Gasteiger partial charge is 0.272 e. The number of fused-ring (bicyclic) bond motifs is 1. The number of aliphatic hydroxyl groups is 1. The van der Waals surface area contributed by atoms with Gasteiger partial charge in [0.05, 0.1) is 11.9 Å². The van der Waals surface area contributed by atoms with E-state index in [1.54, 1.807) is 23.3 Å². The van der Waals surface area contributed by atoms with E-state index in [1.165, 1.54) is 0 Å². The van der Waals surface area contributed by atoms with Crippen LogP contribution >= 0.6 is 0 Å². The molecule has 2 atom stereocenters. The summed E-state index contributed by atoms with van der Waals surface area (Å²) in [5.74, 6) is 1.25. The van der Waals surface area contributed by atoms with Crippen LogP contribution in [0.4, 0.5) is 0 Å². The molecular formula is C17H23N5O2. The van der Waals surface area contributed by atoms with Gasteiger partial charge in [0.15, 0.2) is 11.5 Å². The number of nitrogens with zero attached hydrogens (tertiary/aromatic N) is 4. The second-order valence-electron chi connectivity index (χ2n) is 6.33. The number of aliphatic hydroxyl groups excluding tert-OH is 1. The first kappa shape index (κ1) is 16.6. The van der Waals surface area contributed by atoms with Gasteiger partial charge in [-0.2, -0.15) is 5.10 Å². The van der Waals surface area contributed by atoms with Crippen LogP contribution in [0.2, 0.25) is 0 Å². The van der Waals surface area contributed by atoms with Crippen molar-refractivity contribution in [2.45, 2.75) is 39.0 Å². The monoisotopic (exact) mass is 329 g/mol. The van der Waals surface area contributed by atoms with Gasteiger partial charge in [0.2, 0.25) is 0 Å². The Morgan fingerprint density at radius 2 is 2.25 bits per heavy atom. The number of amides is 1. The molecular weight excluding hydrogens is 306 g/mol. The highest BCUT2D eigenvalue weighted by Crippen LogP contribution is 2.38. The zero-order valence-corrected chi connectivity index (χ0v) is 14.1. The molecule has 7 heteroatoms. The van der Waals surface area contributed by atoms with Gasteiger partial charge in [-0.25, -0.2) is 9.67 Å². The molecule has 2 aromatic rings. The van der Waals surface area contributed by atoms with Crippen molar-refractivity contribution in [2.75, 3.05) is 13.2 Å². The molecule has 0 saturated carbocycles. The van der Waals surface area contributed by atoms with Crippen molar-refractivity contribution in [1.82, 2.24) is 25.1 Å². The second-order valence-corrected chi connectivity index (χ2v) is 6.33. The fraction of sp³-hybridized carbons (Fsp3) is 0.529. The zero-order valence-electron chi connectivity index (χ0n) is 14.1. The molecule has 2 aromatic heterocycles. The quantitative estimate of drug-likeness (QED) is 0.810. The molecule has 1 aliphatic rings. The summed E-state index contributed by atoms with van der Waals surface area (Å²) in [5, 5.41) is 16.3. The van der Waals surface area contributed by atoms with Gasteiger partial charge in [-0.15, -0.1) is 0 Å². The number of carbonyl (C=O) groups is 1. The first-order valence-electron chi connectivity index (χ1n) is 8.40. The maximum atomic E-state index is 12.5. The van der Waals surface area contributed by atoms with Gasteiger partial charge in [-0.05, 0) is 25.2 Å². The van der Waals surface area contributed by atoms with Crippen LogP contribution in [0.3, 0.4) is 0 Å². The molecule has 0 fully saturated rings. The Labute approximate surface area is 141 Å². The molecule has 0 bridgehead atoms.